The second-order valence-electron chi connectivity index (χ2n) is 10.5. The molecule has 0 rings (SSSR count). The third-order valence-corrected chi connectivity index (χ3v) is 8.37. The molecule has 0 aliphatic rings. The molecule has 0 unspecified atom stereocenters. The average molecular weight is 724 g/mol. The van der Waals surface area contributed by atoms with Gasteiger partial charge in [-0.15, -0.1) is 0 Å². The summed E-state index contributed by atoms with van der Waals surface area (Å²) >= 11 is 0. The Morgan fingerprint density at radius 1 is 0.400 bits per heavy atom. The molecule has 3 nitrogen and oxygen atoms in total. The van der Waals surface area contributed by atoms with Gasteiger partial charge in [-0.2, -0.15) is 74.6 Å². The van der Waals surface area contributed by atoms with Gasteiger partial charge in [-0.1, -0.05) is 90.4 Å². The van der Waals surface area contributed by atoms with Crippen molar-refractivity contribution < 1.29 is 83.1 Å². The number of nitrogens with one attached hydrogen (secondary N) is 1. The van der Waals surface area contributed by atoms with Crippen molar-refractivity contribution in [1.29, 1.82) is 0 Å². The molecule has 0 aliphatic carbocycles. The third-order valence-electron chi connectivity index (χ3n) is 6.85. The number of unbranched alkanes of at least 4 members (excludes halogenated alkanes) is 13. The molecular formula is C24H34F17NO2S. The maximum absolute atomic E-state index is 14.0. The number of halogens is 17. The molecule has 0 saturated carbocycles. The molecule has 0 aromatic rings. The Morgan fingerprint density at radius 2 is 0.667 bits per heavy atom. The fraction of sp³-hybridized carbons (Fsp3) is 1.00. The second kappa shape index (κ2) is 15.7. The minimum Gasteiger partial charge on any atom is -0.210 e. The van der Waals surface area contributed by atoms with E-state index in [0.29, 0.717) is 24.0 Å². The van der Waals surface area contributed by atoms with Gasteiger partial charge in [-0.3, -0.25) is 0 Å². The molecular weight excluding hydrogens is 689 g/mol. The summed E-state index contributed by atoms with van der Waals surface area (Å²) in [6, 6.07) is 0. The SMILES string of the molecule is CCCCCCCCCCCCCCCCNS(=O)(=O)C(F)(F)C(F)(F)C(F)(F)C(F)(F)C(F)(F)C(F)(F)C(F)(F)C(F)(F)F. The molecule has 0 saturated heterocycles. The molecule has 21 heteroatoms. The van der Waals surface area contributed by atoms with Crippen molar-refractivity contribution >= 4 is 10.0 Å². The van der Waals surface area contributed by atoms with Gasteiger partial charge in [0, 0.05) is 6.54 Å². The molecule has 0 fully saturated rings. The molecule has 0 amide bonds. The molecule has 0 aliphatic heterocycles. The van der Waals surface area contributed by atoms with Crippen molar-refractivity contribution in [3.8, 4) is 0 Å². The van der Waals surface area contributed by atoms with E-state index in [-0.39, 0.29) is 6.42 Å². The van der Waals surface area contributed by atoms with E-state index < -0.39 is 70.0 Å². The van der Waals surface area contributed by atoms with E-state index in [2.05, 4.69) is 6.92 Å². The zero-order valence-corrected chi connectivity index (χ0v) is 24.6. The molecule has 0 bridgehead atoms. The van der Waals surface area contributed by atoms with Crippen molar-refractivity contribution in [2.24, 2.45) is 0 Å². The Labute approximate surface area is 248 Å². The highest BCUT2D eigenvalue weighted by Gasteiger charge is 2.96. The van der Waals surface area contributed by atoms with Crippen LogP contribution in [0, 0.1) is 0 Å². The minimum absolute atomic E-state index is 0.0465. The predicted molar refractivity (Wildman–Crippen MR) is 128 cm³/mol. The van der Waals surface area contributed by atoms with E-state index in [4.69, 9.17) is 0 Å². The molecule has 0 aromatic carbocycles. The number of alkyl halides is 17. The third kappa shape index (κ3) is 9.00. The standard InChI is InChI=1S/C24H34F17NO2S/c1-2-3-4-5-6-7-8-9-10-11-12-13-14-15-16-42-45(43,44)24(40,41)22(35,36)20(31,32)18(27,28)17(25,26)19(29,30)21(33,34)23(37,38)39/h42H,2-16H2,1H3. The molecule has 45 heavy (non-hydrogen) atoms. The summed E-state index contributed by atoms with van der Waals surface area (Å²) in [6.45, 7) is 0.883. The van der Waals surface area contributed by atoms with E-state index in [0.717, 1.165) is 51.4 Å². The lowest BCUT2D eigenvalue weighted by Gasteiger charge is -2.42. The summed E-state index contributed by atoms with van der Waals surface area (Å²) in [5.41, 5.74) is 0. The monoisotopic (exact) mass is 723 g/mol. The number of hydrogen-bond acceptors (Lipinski definition) is 2. The molecule has 272 valence electrons. The first-order chi connectivity index (χ1) is 20.1. The van der Waals surface area contributed by atoms with Crippen LogP contribution in [0.3, 0.4) is 0 Å². The predicted octanol–water partition coefficient (Wildman–Crippen LogP) is 10.4. The summed E-state index contributed by atoms with van der Waals surface area (Å²) < 4.78 is 250. The Kier molecular flexibility index (Phi) is 15.3. The van der Waals surface area contributed by atoms with Gasteiger partial charge in [0.15, 0.2) is 0 Å². The highest BCUT2D eigenvalue weighted by Crippen LogP contribution is 2.64. The van der Waals surface area contributed by atoms with Gasteiger partial charge >= 0.3 is 47.0 Å². The van der Waals surface area contributed by atoms with Crippen molar-refractivity contribution in [2.75, 3.05) is 6.54 Å². The highest BCUT2D eigenvalue weighted by atomic mass is 32.2. The number of rotatable bonds is 23. The van der Waals surface area contributed by atoms with Gasteiger partial charge in [-0.05, 0) is 6.42 Å². The van der Waals surface area contributed by atoms with E-state index in [1.807, 2.05) is 0 Å². The van der Waals surface area contributed by atoms with Crippen LogP contribution in [0.2, 0.25) is 0 Å². The van der Waals surface area contributed by atoms with E-state index in [1.54, 1.807) is 0 Å². The quantitative estimate of drug-likeness (QED) is 0.0843. The summed E-state index contributed by atoms with van der Waals surface area (Å²) in [5, 5.41) is -7.51. The van der Waals surface area contributed by atoms with Crippen LogP contribution in [0.1, 0.15) is 96.8 Å². The first-order valence-corrected chi connectivity index (χ1v) is 15.2. The topological polar surface area (TPSA) is 46.2 Å². The molecule has 0 radical (unpaired) electrons. The second-order valence-corrected chi connectivity index (χ2v) is 12.3. The molecule has 0 atom stereocenters. The van der Waals surface area contributed by atoms with E-state index in [1.165, 1.54) is 6.42 Å². The zero-order chi connectivity index (χ0) is 35.8. The summed E-state index contributed by atoms with van der Waals surface area (Å²) in [7, 11) is -7.22. The fourth-order valence-electron chi connectivity index (χ4n) is 3.93. The van der Waals surface area contributed by atoms with Crippen LogP contribution >= 0.6 is 0 Å². The van der Waals surface area contributed by atoms with Gasteiger partial charge in [0.25, 0.3) is 10.0 Å². The maximum Gasteiger partial charge on any atom is 0.460 e. The lowest BCUT2D eigenvalue weighted by molar-refractivity contribution is -0.458. The summed E-state index contributed by atoms with van der Waals surface area (Å²) in [5.74, 6) is -51.5. The van der Waals surface area contributed by atoms with E-state index >= 15 is 0 Å². The summed E-state index contributed by atoms with van der Waals surface area (Å²) in [6.07, 6.45) is 2.89. The van der Waals surface area contributed by atoms with Crippen molar-refractivity contribution in [2.45, 2.75) is 144 Å². The van der Waals surface area contributed by atoms with Crippen molar-refractivity contribution in [3.05, 3.63) is 0 Å². The molecule has 0 aromatic heterocycles. The normalized spacial score (nSPS) is 15.2. The van der Waals surface area contributed by atoms with E-state index in [9.17, 15) is 83.1 Å². The Morgan fingerprint density at radius 3 is 0.978 bits per heavy atom. The Bertz CT molecular complexity index is 998. The van der Waals surface area contributed by atoms with Gasteiger partial charge in [0.05, 0.1) is 0 Å². The zero-order valence-electron chi connectivity index (χ0n) is 23.8. The van der Waals surface area contributed by atoms with Gasteiger partial charge in [0.2, 0.25) is 0 Å². The van der Waals surface area contributed by atoms with Gasteiger partial charge in [0.1, 0.15) is 0 Å². The maximum atomic E-state index is 14.0. The van der Waals surface area contributed by atoms with Gasteiger partial charge < -0.3 is 0 Å². The summed E-state index contributed by atoms with van der Waals surface area (Å²) in [4.78, 5) is 0. The highest BCUT2D eigenvalue weighted by molar-refractivity contribution is 7.90. The average Bonchev–Trinajstić information content (AvgIpc) is 2.89. The Balaban J connectivity index is 5.30. The number of sulfonamides is 1. The molecule has 1 N–H and O–H groups in total. The molecule has 0 spiro atoms. The largest absolute Gasteiger partial charge is 0.460 e. The smallest absolute Gasteiger partial charge is 0.210 e. The lowest BCUT2D eigenvalue weighted by Crippen LogP contribution is -2.75. The number of hydrogen-bond donors (Lipinski definition) is 1. The van der Waals surface area contributed by atoms with Crippen molar-refractivity contribution in [1.82, 2.24) is 4.72 Å². The van der Waals surface area contributed by atoms with Crippen molar-refractivity contribution in [3.63, 3.8) is 0 Å². The minimum atomic E-state index is -8.82. The first kappa shape index (κ1) is 43.7. The fourth-order valence-corrected chi connectivity index (χ4v) is 4.99. The van der Waals surface area contributed by atoms with Gasteiger partial charge in [-0.25, -0.2) is 13.1 Å². The van der Waals surface area contributed by atoms with Crippen LogP contribution in [0.15, 0.2) is 0 Å². The van der Waals surface area contributed by atoms with Crippen LogP contribution in [0.4, 0.5) is 74.6 Å². The van der Waals surface area contributed by atoms with Crippen LogP contribution in [0.25, 0.3) is 0 Å². The lowest BCUT2D eigenvalue weighted by atomic mass is 9.91. The van der Waals surface area contributed by atoms with Crippen LogP contribution < -0.4 is 4.72 Å². The Hall–Kier alpha value is -1.28. The van der Waals surface area contributed by atoms with Crippen LogP contribution in [-0.4, -0.2) is 61.9 Å². The van der Waals surface area contributed by atoms with Crippen LogP contribution in [0.5, 0.6) is 0 Å². The first-order valence-electron chi connectivity index (χ1n) is 13.8. The molecule has 0 heterocycles. The van der Waals surface area contributed by atoms with Crippen LogP contribution in [-0.2, 0) is 10.0 Å².